The van der Waals surface area contributed by atoms with Crippen LogP contribution in [0.3, 0.4) is 0 Å². The summed E-state index contributed by atoms with van der Waals surface area (Å²) in [5.74, 6) is 0.408. The molecule has 0 radical (unpaired) electrons. The van der Waals surface area contributed by atoms with Crippen LogP contribution in [0.1, 0.15) is 37.4 Å². The Bertz CT molecular complexity index is 665. The van der Waals surface area contributed by atoms with Gasteiger partial charge in [0.15, 0.2) is 0 Å². The number of benzene rings is 1. The maximum atomic E-state index is 12.4. The molecule has 2 aromatic rings. The van der Waals surface area contributed by atoms with Gasteiger partial charge in [-0.2, -0.15) is 5.10 Å². The molecule has 3 rings (SSSR count). The molecule has 0 aliphatic heterocycles. The lowest BCUT2D eigenvalue weighted by Crippen LogP contribution is -2.07. The van der Waals surface area contributed by atoms with Crippen molar-refractivity contribution in [3.8, 4) is 0 Å². The zero-order valence-electron chi connectivity index (χ0n) is 11.7. The van der Waals surface area contributed by atoms with Gasteiger partial charge in [-0.25, -0.2) is 0 Å². The maximum Gasteiger partial charge on any atom is 0.0753 e. The zero-order valence-corrected chi connectivity index (χ0v) is 14.1. The minimum absolute atomic E-state index is 0.408. The van der Waals surface area contributed by atoms with Crippen LogP contribution in [0.15, 0.2) is 39.8 Å². The number of nitrogen functional groups attached to an aromatic ring is 1. The Morgan fingerprint density at radius 2 is 2.10 bits per heavy atom. The molecule has 4 nitrogen and oxygen atoms in total. The van der Waals surface area contributed by atoms with E-state index < -0.39 is 10.8 Å². The Kier molecular flexibility index (Phi) is 4.45. The van der Waals surface area contributed by atoms with E-state index >= 15 is 0 Å². The minimum atomic E-state index is -1.16. The summed E-state index contributed by atoms with van der Waals surface area (Å²) in [6.07, 6.45) is 6.96. The average Bonchev–Trinajstić information content (AvgIpc) is 3.08. The topological polar surface area (TPSA) is 60.9 Å². The van der Waals surface area contributed by atoms with Crippen molar-refractivity contribution in [2.24, 2.45) is 0 Å². The lowest BCUT2D eigenvalue weighted by molar-refractivity contribution is 0.464. The molecule has 1 atom stereocenters. The van der Waals surface area contributed by atoms with Crippen LogP contribution in [0.5, 0.6) is 0 Å². The van der Waals surface area contributed by atoms with Gasteiger partial charge in [-0.15, -0.1) is 0 Å². The molecule has 1 aromatic heterocycles. The van der Waals surface area contributed by atoms with Crippen LogP contribution in [0.25, 0.3) is 0 Å². The van der Waals surface area contributed by atoms with Gasteiger partial charge in [0, 0.05) is 16.4 Å². The summed E-state index contributed by atoms with van der Waals surface area (Å²) in [5, 5.41) is 4.58. The van der Waals surface area contributed by atoms with E-state index in [1.807, 2.05) is 29.1 Å². The average molecular weight is 368 g/mol. The number of nitrogens with zero attached hydrogens (tertiary/aromatic N) is 2. The summed E-state index contributed by atoms with van der Waals surface area (Å²) < 4.78 is 15.4. The van der Waals surface area contributed by atoms with Crippen molar-refractivity contribution in [2.45, 2.75) is 42.4 Å². The van der Waals surface area contributed by atoms with Crippen LogP contribution in [0, 0.1) is 0 Å². The van der Waals surface area contributed by atoms with Crippen molar-refractivity contribution >= 4 is 32.4 Å². The molecule has 1 unspecified atom stereocenters. The van der Waals surface area contributed by atoms with Crippen LogP contribution in [-0.2, 0) is 16.6 Å². The molecule has 1 aliphatic carbocycles. The first-order valence-electron chi connectivity index (χ1n) is 7.11. The first kappa shape index (κ1) is 14.8. The Morgan fingerprint density at radius 3 is 2.81 bits per heavy atom. The molecule has 2 N–H and O–H groups in total. The number of rotatable bonds is 4. The lowest BCUT2D eigenvalue weighted by atomic mass is 10.3. The summed E-state index contributed by atoms with van der Waals surface area (Å²) in [4.78, 5) is 0.675. The van der Waals surface area contributed by atoms with Crippen molar-refractivity contribution in [2.75, 3.05) is 5.73 Å². The summed E-state index contributed by atoms with van der Waals surface area (Å²) in [6.45, 7) is 0. The molecule has 0 amide bonds. The normalized spacial score (nSPS) is 17.2. The Morgan fingerprint density at radius 1 is 1.33 bits per heavy atom. The Labute approximate surface area is 135 Å². The molecule has 0 spiro atoms. The number of aromatic nitrogens is 2. The molecule has 0 bridgehead atoms. The van der Waals surface area contributed by atoms with Crippen LogP contribution in [0.2, 0.25) is 0 Å². The third-order valence-corrected chi connectivity index (χ3v) is 5.77. The van der Waals surface area contributed by atoms with Gasteiger partial charge in [0.1, 0.15) is 0 Å². The van der Waals surface area contributed by atoms with Crippen molar-refractivity contribution < 1.29 is 4.21 Å². The van der Waals surface area contributed by atoms with E-state index in [1.54, 1.807) is 6.07 Å². The largest absolute Gasteiger partial charge is 0.398 e. The fraction of sp³-hybridized carbons (Fsp3) is 0.400. The summed E-state index contributed by atoms with van der Waals surface area (Å²) >= 11 is 3.36. The molecule has 0 saturated heterocycles. The van der Waals surface area contributed by atoms with Crippen molar-refractivity contribution in [3.63, 3.8) is 0 Å². The molecular weight excluding hydrogens is 350 g/mol. The van der Waals surface area contributed by atoms with Crippen LogP contribution in [0.4, 0.5) is 5.69 Å². The number of halogens is 1. The Hall–Kier alpha value is -1.14. The van der Waals surface area contributed by atoms with Gasteiger partial charge in [-0.3, -0.25) is 8.89 Å². The lowest BCUT2D eigenvalue weighted by Gasteiger charge is -2.09. The molecule has 1 heterocycles. The molecule has 1 aliphatic rings. The summed E-state index contributed by atoms with van der Waals surface area (Å²) in [7, 11) is -1.16. The number of hydrogen-bond acceptors (Lipinski definition) is 3. The monoisotopic (exact) mass is 367 g/mol. The highest BCUT2D eigenvalue weighted by molar-refractivity contribution is 9.10. The summed E-state index contributed by atoms with van der Waals surface area (Å²) in [6, 6.07) is 7.93. The van der Waals surface area contributed by atoms with Gasteiger partial charge in [-0.1, -0.05) is 28.8 Å². The van der Waals surface area contributed by atoms with Crippen molar-refractivity contribution in [1.82, 2.24) is 9.78 Å². The standard InChI is InChI=1S/C15H18BrN3OS/c16-11-5-6-15(14(17)9-11)21(20)10-12-7-8-19(18-12)13-3-1-2-4-13/h5-9,13H,1-4,10,17H2. The second kappa shape index (κ2) is 6.32. The van der Waals surface area contributed by atoms with E-state index in [9.17, 15) is 4.21 Å². The minimum Gasteiger partial charge on any atom is -0.398 e. The van der Waals surface area contributed by atoms with E-state index in [1.165, 1.54) is 25.7 Å². The molecule has 6 heteroatoms. The third kappa shape index (κ3) is 3.37. The van der Waals surface area contributed by atoms with E-state index in [4.69, 9.17) is 5.73 Å². The molecule has 1 saturated carbocycles. The Balaban J connectivity index is 1.72. The van der Waals surface area contributed by atoms with E-state index in [-0.39, 0.29) is 0 Å². The van der Waals surface area contributed by atoms with Gasteiger partial charge in [0.25, 0.3) is 0 Å². The predicted octanol–water partition coefficient (Wildman–Crippen LogP) is 3.65. The highest BCUT2D eigenvalue weighted by atomic mass is 79.9. The van der Waals surface area contributed by atoms with Crippen LogP contribution in [-0.4, -0.2) is 14.0 Å². The number of hydrogen-bond donors (Lipinski definition) is 1. The zero-order chi connectivity index (χ0) is 14.8. The molecule has 112 valence electrons. The molecule has 1 aromatic carbocycles. The van der Waals surface area contributed by atoms with E-state index in [2.05, 4.69) is 21.0 Å². The van der Waals surface area contributed by atoms with Crippen molar-refractivity contribution in [1.29, 1.82) is 0 Å². The van der Waals surface area contributed by atoms with Crippen molar-refractivity contribution in [3.05, 3.63) is 40.6 Å². The second-order valence-corrected chi connectivity index (χ2v) is 7.73. The quantitative estimate of drug-likeness (QED) is 0.838. The first-order valence-corrected chi connectivity index (χ1v) is 9.22. The van der Waals surface area contributed by atoms with E-state index in [0.29, 0.717) is 22.4 Å². The van der Waals surface area contributed by atoms with Crippen LogP contribution < -0.4 is 5.73 Å². The molecule has 21 heavy (non-hydrogen) atoms. The van der Waals surface area contributed by atoms with Gasteiger partial charge in [-0.05, 0) is 37.1 Å². The third-order valence-electron chi connectivity index (χ3n) is 3.86. The second-order valence-electron chi connectivity index (χ2n) is 5.40. The van der Waals surface area contributed by atoms with Gasteiger partial charge in [0.05, 0.1) is 33.2 Å². The van der Waals surface area contributed by atoms with Gasteiger partial charge in [0.2, 0.25) is 0 Å². The fourth-order valence-corrected chi connectivity index (χ4v) is 4.26. The van der Waals surface area contributed by atoms with Gasteiger partial charge < -0.3 is 5.73 Å². The maximum absolute atomic E-state index is 12.4. The first-order chi connectivity index (χ1) is 10.1. The predicted molar refractivity (Wildman–Crippen MR) is 88.4 cm³/mol. The smallest absolute Gasteiger partial charge is 0.0753 e. The number of anilines is 1. The highest BCUT2D eigenvalue weighted by Crippen LogP contribution is 2.29. The highest BCUT2D eigenvalue weighted by Gasteiger charge is 2.18. The van der Waals surface area contributed by atoms with Crippen LogP contribution >= 0.6 is 15.9 Å². The van der Waals surface area contributed by atoms with E-state index in [0.717, 1.165) is 10.2 Å². The van der Waals surface area contributed by atoms with Gasteiger partial charge >= 0.3 is 0 Å². The number of nitrogens with two attached hydrogens (primary N) is 1. The fourth-order valence-electron chi connectivity index (χ4n) is 2.77. The SMILES string of the molecule is Nc1cc(Br)ccc1S(=O)Cc1ccn(C2CCCC2)n1. The molecule has 1 fully saturated rings. The summed E-state index contributed by atoms with van der Waals surface area (Å²) in [5.41, 5.74) is 7.35. The molecular formula is C15H18BrN3OS.